The van der Waals surface area contributed by atoms with Crippen LogP contribution in [-0.2, 0) is 14.4 Å². The fourth-order valence-electron chi connectivity index (χ4n) is 3.47. The Labute approximate surface area is 172 Å². The molecule has 1 aliphatic rings. The Hall–Kier alpha value is -3.81. The highest BCUT2D eigenvalue weighted by atomic mass is 16.5. The number of carboxylic acids is 1. The fraction of sp³-hybridized carbons (Fsp3) is 0.227. The summed E-state index contributed by atoms with van der Waals surface area (Å²) in [5, 5.41) is 29.7. The van der Waals surface area contributed by atoms with Crippen LogP contribution in [0.4, 0.5) is 0 Å². The number of phenols is 1. The molecule has 1 atom stereocenters. The van der Waals surface area contributed by atoms with Gasteiger partial charge in [-0.05, 0) is 24.1 Å². The molecular weight excluding hydrogens is 390 g/mol. The first-order chi connectivity index (χ1) is 14.3. The quantitative estimate of drug-likeness (QED) is 0.363. The largest absolute Gasteiger partial charge is 0.507 e. The molecule has 1 heterocycles. The lowest BCUT2D eigenvalue weighted by molar-refractivity contribution is -0.140. The summed E-state index contributed by atoms with van der Waals surface area (Å²) in [7, 11) is 1.37. The molecule has 0 aromatic heterocycles. The van der Waals surface area contributed by atoms with Crippen molar-refractivity contribution in [2.24, 2.45) is 0 Å². The first-order valence-corrected chi connectivity index (χ1v) is 9.27. The van der Waals surface area contributed by atoms with Crippen LogP contribution in [0.2, 0.25) is 0 Å². The van der Waals surface area contributed by atoms with Crippen LogP contribution >= 0.6 is 0 Å². The van der Waals surface area contributed by atoms with Crippen molar-refractivity contribution < 1.29 is 34.4 Å². The zero-order valence-corrected chi connectivity index (χ0v) is 16.2. The topological polar surface area (TPSA) is 124 Å². The molecular formula is C22H21NO7. The van der Waals surface area contributed by atoms with Crippen molar-refractivity contribution in [1.82, 2.24) is 4.90 Å². The smallest absolute Gasteiger partial charge is 0.303 e. The van der Waals surface area contributed by atoms with Crippen molar-refractivity contribution in [2.75, 3.05) is 13.7 Å². The predicted octanol–water partition coefficient (Wildman–Crippen LogP) is 2.69. The van der Waals surface area contributed by atoms with Gasteiger partial charge in [0.05, 0.1) is 18.7 Å². The Kier molecular flexibility index (Phi) is 6.06. The molecule has 3 N–H and O–H groups in total. The fourth-order valence-corrected chi connectivity index (χ4v) is 3.47. The van der Waals surface area contributed by atoms with Crippen molar-refractivity contribution in [1.29, 1.82) is 0 Å². The average Bonchev–Trinajstić information content (AvgIpc) is 2.99. The first kappa shape index (κ1) is 20.9. The number of amides is 1. The number of aromatic hydroxyl groups is 1. The number of aliphatic hydroxyl groups is 1. The van der Waals surface area contributed by atoms with E-state index < -0.39 is 23.7 Å². The third-order valence-electron chi connectivity index (χ3n) is 4.90. The molecule has 8 heteroatoms. The molecule has 0 saturated carbocycles. The number of aliphatic hydroxyl groups excluding tert-OH is 1. The van der Waals surface area contributed by atoms with Gasteiger partial charge in [0, 0.05) is 18.5 Å². The number of nitrogens with zero attached hydrogens (tertiary/aromatic N) is 1. The van der Waals surface area contributed by atoms with Crippen LogP contribution in [0.25, 0.3) is 5.76 Å². The second-order valence-electron chi connectivity index (χ2n) is 6.79. The number of hydrogen-bond acceptors (Lipinski definition) is 6. The first-order valence-electron chi connectivity index (χ1n) is 9.27. The van der Waals surface area contributed by atoms with E-state index in [-0.39, 0.29) is 42.2 Å². The number of ether oxygens (including phenoxy) is 1. The maximum Gasteiger partial charge on any atom is 0.303 e. The number of benzene rings is 2. The highest BCUT2D eigenvalue weighted by molar-refractivity contribution is 6.46. The van der Waals surface area contributed by atoms with E-state index >= 15 is 0 Å². The van der Waals surface area contributed by atoms with Gasteiger partial charge in [-0.2, -0.15) is 0 Å². The normalized spacial score (nSPS) is 17.9. The number of carbonyl (C=O) groups excluding carboxylic acids is 2. The number of ketones is 1. The van der Waals surface area contributed by atoms with E-state index in [0.29, 0.717) is 11.1 Å². The Morgan fingerprint density at radius 2 is 1.80 bits per heavy atom. The lowest BCUT2D eigenvalue weighted by atomic mass is 9.95. The number of carbonyl (C=O) groups is 3. The minimum absolute atomic E-state index is 0.0102. The average molecular weight is 411 g/mol. The molecule has 1 saturated heterocycles. The van der Waals surface area contributed by atoms with E-state index in [9.17, 15) is 24.6 Å². The Balaban J connectivity index is 2.13. The SMILES string of the molecule is COc1cc([C@@H]2C(=C(O)c3ccccc3)C(=O)C(=O)N2CCCC(=O)O)ccc1O. The minimum Gasteiger partial charge on any atom is -0.507 e. The number of aliphatic carboxylic acids is 1. The highest BCUT2D eigenvalue weighted by Gasteiger charge is 2.46. The number of likely N-dealkylation sites (tertiary alicyclic amines) is 1. The zero-order valence-electron chi connectivity index (χ0n) is 16.2. The third-order valence-corrected chi connectivity index (χ3v) is 4.90. The molecule has 156 valence electrons. The maximum absolute atomic E-state index is 12.8. The van der Waals surface area contributed by atoms with Crippen molar-refractivity contribution in [3.63, 3.8) is 0 Å². The number of phenolic OH excluding ortho intramolecular Hbond substituents is 1. The maximum atomic E-state index is 12.8. The summed E-state index contributed by atoms with van der Waals surface area (Å²) in [5.41, 5.74) is 0.711. The van der Waals surface area contributed by atoms with Crippen molar-refractivity contribution >= 4 is 23.4 Å². The second kappa shape index (κ2) is 8.69. The third kappa shape index (κ3) is 3.98. The molecule has 8 nitrogen and oxygen atoms in total. The van der Waals surface area contributed by atoms with Gasteiger partial charge in [0.25, 0.3) is 11.7 Å². The van der Waals surface area contributed by atoms with Gasteiger partial charge in [0.2, 0.25) is 0 Å². The summed E-state index contributed by atoms with van der Waals surface area (Å²) in [4.78, 5) is 37.7. The van der Waals surface area contributed by atoms with E-state index in [0.717, 1.165) is 0 Å². The molecule has 0 bridgehead atoms. The molecule has 0 radical (unpaired) electrons. The lowest BCUT2D eigenvalue weighted by Gasteiger charge is -2.25. The molecule has 0 spiro atoms. The highest BCUT2D eigenvalue weighted by Crippen LogP contribution is 2.41. The lowest BCUT2D eigenvalue weighted by Crippen LogP contribution is -2.31. The summed E-state index contributed by atoms with van der Waals surface area (Å²) >= 11 is 0. The van der Waals surface area contributed by atoms with Crippen LogP contribution in [0.15, 0.2) is 54.1 Å². The van der Waals surface area contributed by atoms with Crippen molar-refractivity contribution in [3.8, 4) is 11.5 Å². The van der Waals surface area contributed by atoms with E-state index in [1.165, 1.54) is 30.2 Å². The van der Waals surface area contributed by atoms with Crippen LogP contribution in [0.3, 0.4) is 0 Å². The monoisotopic (exact) mass is 411 g/mol. The number of carboxylic acid groups (broad SMARTS) is 1. The standard InChI is InChI=1S/C22H21NO7/c1-30-16-12-14(9-10-15(16)24)19-18(20(27)13-6-3-2-4-7-13)21(28)22(29)23(19)11-5-8-17(25)26/h2-4,6-7,9-10,12,19,24,27H,5,8,11H2,1H3,(H,25,26)/t19-/m1/s1. The van der Waals surface area contributed by atoms with Gasteiger partial charge in [0.1, 0.15) is 5.76 Å². The molecule has 3 rings (SSSR count). The van der Waals surface area contributed by atoms with Gasteiger partial charge in [0.15, 0.2) is 11.5 Å². The van der Waals surface area contributed by atoms with E-state index in [1.807, 2.05) is 0 Å². The zero-order chi connectivity index (χ0) is 21.8. The Morgan fingerprint density at radius 3 is 2.43 bits per heavy atom. The van der Waals surface area contributed by atoms with Crippen LogP contribution < -0.4 is 4.74 Å². The van der Waals surface area contributed by atoms with Gasteiger partial charge in [-0.25, -0.2) is 0 Å². The molecule has 30 heavy (non-hydrogen) atoms. The minimum atomic E-state index is -1.02. The van der Waals surface area contributed by atoms with Crippen LogP contribution in [0, 0.1) is 0 Å². The number of methoxy groups -OCH3 is 1. The number of rotatable bonds is 7. The number of hydrogen-bond donors (Lipinski definition) is 3. The molecule has 0 unspecified atom stereocenters. The molecule has 2 aromatic carbocycles. The molecule has 1 aliphatic heterocycles. The van der Waals surface area contributed by atoms with E-state index in [4.69, 9.17) is 9.84 Å². The second-order valence-corrected chi connectivity index (χ2v) is 6.79. The number of Topliss-reactive ketones (excluding diaryl/α,β-unsaturated/α-hetero) is 1. The summed E-state index contributed by atoms with van der Waals surface area (Å²) in [6, 6.07) is 11.8. The van der Waals surface area contributed by atoms with E-state index in [2.05, 4.69) is 0 Å². The summed E-state index contributed by atoms with van der Waals surface area (Å²) in [5.74, 6) is -3.00. The van der Waals surface area contributed by atoms with Gasteiger partial charge in [-0.1, -0.05) is 36.4 Å². The van der Waals surface area contributed by atoms with Crippen LogP contribution in [-0.4, -0.2) is 51.5 Å². The summed E-state index contributed by atoms with van der Waals surface area (Å²) in [6.45, 7) is 0.0102. The van der Waals surface area contributed by atoms with Gasteiger partial charge in [-0.15, -0.1) is 0 Å². The van der Waals surface area contributed by atoms with Crippen molar-refractivity contribution in [2.45, 2.75) is 18.9 Å². The molecule has 2 aromatic rings. The molecule has 0 aliphatic carbocycles. The van der Waals surface area contributed by atoms with Crippen molar-refractivity contribution in [3.05, 3.63) is 65.2 Å². The van der Waals surface area contributed by atoms with Crippen LogP contribution in [0.1, 0.15) is 30.0 Å². The summed E-state index contributed by atoms with van der Waals surface area (Å²) in [6.07, 6.45) is -0.0350. The summed E-state index contributed by atoms with van der Waals surface area (Å²) < 4.78 is 5.13. The predicted molar refractivity (Wildman–Crippen MR) is 107 cm³/mol. The van der Waals surface area contributed by atoms with Gasteiger partial charge >= 0.3 is 5.97 Å². The van der Waals surface area contributed by atoms with Gasteiger partial charge < -0.3 is 25.0 Å². The molecule has 1 amide bonds. The molecule has 1 fully saturated rings. The Bertz CT molecular complexity index is 1010. The van der Waals surface area contributed by atoms with Crippen LogP contribution in [0.5, 0.6) is 11.5 Å². The van der Waals surface area contributed by atoms with E-state index in [1.54, 1.807) is 30.3 Å². The van der Waals surface area contributed by atoms with Gasteiger partial charge in [-0.3, -0.25) is 14.4 Å². The Morgan fingerprint density at radius 1 is 1.10 bits per heavy atom.